The van der Waals surface area contributed by atoms with E-state index in [0.29, 0.717) is 53.5 Å². The Morgan fingerprint density at radius 2 is 1.54 bits per heavy atom. The number of urea groups is 1. The average Bonchev–Trinajstić information content (AvgIpc) is 3.90. The lowest BCUT2D eigenvalue weighted by Crippen LogP contribution is -2.54. The Balaban J connectivity index is 0.926. The van der Waals surface area contributed by atoms with E-state index in [4.69, 9.17) is 9.94 Å². The quantitative estimate of drug-likeness (QED) is 0.0707. The topological polar surface area (TPSA) is 244 Å². The molecule has 0 saturated carbocycles. The number of benzene rings is 2. The van der Waals surface area contributed by atoms with Crippen LogP contribution in [0.15, 0.2) is 90.1 Å². The number of carbonyl (C=O) groups excluding carboxylic acids is 7. The molecule has 67 heavy (non-hydrogen) atoms. The van der Waals surface area contributed by atoms with Crippen molar-refractivity contribution < 1.29 is 38.4 Å². The smallest absolute Gasteiger partial charge is 0.333 e. The van der Waals surface area contributed by atoms with E-state index in [1.165, 1.54) is 11.6 Å². The van der Waals surface area contributed by atoms with Crippen LogP contribution < -0.4 is 26.8 Å². The number of anilines is 1. The number of fused-ring (bicyclic) bond motifs is 2. The number of pyridine rings is 2. The molecule has 2 atom stereocenters. The van der Waals surface area contributed by atoms with Crippen molar-refractivity contribution in [3.63, 3.8) is 0 Å². The van der Waals surface area contributed by atoms with Crippen molar-refractivity contribution in [1.82, 2.24) is 45.7 Å². The van der Waals surface area contributed by atoms with Crippen molar-refractivity contribution in [2.24, 2.45) is 5.92 Å². The summed E-state index contributed by atoms with van der Waals surface area (Å²) in [6.07, 6.45) is 5.78. The van der Waals surface area contributed by atoms with Gasteiger partial charge < -0.3 is 31.0 Å². The van der Waals surface area contributed by atoms with Crippen LogP contribution in [0.1, 0.15) is 76.8 Å². The largest absolute Gasteiger partial charge is 0.354 e. The number of hydroxylamine groups is 2. The number of nitrogens with one attached hydrogen (secondary N) is 4. The van der Waals surface area contributed by atoms with E-state index in [0.717, 1.165) is 27.6 Å². The fraction of sp³-hybridized carbons (Fsp3) is 0.354. The molecule has 0 bridgehead atoms. The number of hydrogen-bond acceptors (Lipinski definition) is 12. The normalized spacial score (nSPS) is 14.1. The number of amides is 7. The van der Waals surface area contributed by atoms with Crippen LogP contribution in [0.3, 0.4) is 0 Å². The summed E-state index contributed by atoms with van der Waals surface area (Å²) in [6, 6.07) is 18.1. The number of imide groups is 1. The van der Waals surface area contributed by atoms with Crippen LogP contribution in [0.2, 0.25) is 0 Å². The maximum absolute atomic E-state index is 14.1. The van der Waals surface area contributed by atoms with Crippen molar-refractivity contribution in [3.8, 4) is 22.4 Å². The fourth-order valence-corrected chi connectivity index (χ4v) is 7.75. The maximum atomic E-state index is 14.1. The van der Waals surface area contributed by atoms with Gasteiger partial charge in [0.25, 0.3) is 17.4 Å². The van der Waals surface area contributed by atoms with Gasteiger partial charge in [-0.1, -0.05) is 44.2 Å². The number of rotatable bonds is 18. The molecule has 4 N–H and O–H groups in total. The van der Waals surface area contributed by atoms with Gasteiger partial charge in [0.15, 0.2) is 0 Å². The lowest BCUT2D eigenvalue weighted by molar-refractivity contribution is -0.197. The van der Waals surface area contributed by atoms with E-state index in [2.05, 4.69) is 31.2 Å². The first-order valence-corrected chi connectivity index (χ1v) is 22.2. The lowest BCUT2D eigenvalue weighted by Gasteiger charge is -2.24. The predicted molar refractivity (Wildman–Crippen MR) is 245 cm³/mol. The highest BCUT2D eigenvalue weighted by Crippen LogP contribution is 2.29. The van der Waals surface area contributed by atoms with Crippen molar-refractivity contribution in [1.29, 1.82) is 0 Å². The van der Waals surface area contributed by atoms with Crippen molar-refractivity contribution >= 4 is 58.1 Å². The summed E-state index contributed by atoms with van der Waals surface area (Å²) < 4.78 is 1.42. The molecule has 5 aromatic rings. The Bertz CT molecular complexity index is 2710. The van der Waals surface area contributed by atoms with E-state index in [1.807, 2.05) is 48.5 Å². The van der Waals surface area contributed by atoms with Crippen LogP contribution in [-0.4, -0.2) is 89.9 Å². The molecule has 19 heteroatoms. The number of carbonyl (C=O) groups is 7. The fourth-order valence-electron chi connectivity index (χ4n) is 7.75. The monoisotopic (exact) mass is 912 g/mol. The zero-order valence-corrected chi connectivity index (χ0v) is 37.5. The van der Waals surface area contributed by atoms with Gasteiger partial charge in [-0.15, -0.1) is 5.06 Å². The zero-order chi connectivity index (χ0) is 47.6. The van der Waals surface area contributed by atoms with Crippen LogP contribution in [0.4, 0.5) is 10.5 Å². The van der Waals surface area contributed by atoms with Crippen molar-refractivity contribution in [2.75, 3.05) is 11.9 Å². The SMILES string of the molecule is CC(NC(=O)C(NC(=O)CCCC(=O)ON1C(=O)CCC1=O)C(C)C)C(=O)NCCCCn1nc(-c2ccc(NC(=O)N3Cc4ccncc4C3)cc2)cc(-c2cccc3ncccc23)c1=O. The molecule has 2 aliphatic heterocycles. The highest BCUT2D eigenvalue weighted by molar-refractivity contribution is 6.01. The molecule has 1 saturated heterocycles. The van der Waals surface area contributed by atoms with E-state index in [-0.39, 0.29) is 62.7 Å². The zero-order valence-electron chi connectivity index (χ0n) is 37.5. The Labute approximate surface area is 385 Å². The van der Waals surface area contributed by atoms with Gasteiger partial charge in [-0.3, -0.25) is 38.7 Å². The van der Waals surface area contributed by atoms with Gasteiger partial charge in [-0.2, -0.15) is 5.10 Å². The average molecular weight is 913 g/mol. The number of unbranched alkanes of at least 4 members (excludes halogenated alkanes) is 1. The number of aromatic nitrogens is 4. The second kappa shape index (κ2) is 21.4. The molecular formula is C48H52N10O9. The van der Waals surface area contributed by atoms with E-state index in [1.54, 1.807) is 55.5 Å². The van der Waals surface area contributed by atoms with Gasteiger partial charge in [-0.25, -0.2) is 14.3 Å². The van der Waals surface area contributed by atoms with E-state index in [9.17, 15) is 38.4 Å². The second-order valence-corrected chi connectivity index (χ2v) is 16.8. The van der Waals surface area contributed by atoms with Gasteiger partial charge in [-0.05, 0) is 85.2 Å². The number of hydrogen-bond donors (Lipinski definition) is 4. The summed E-state index contributed by atoms with van der Waals surface area (Å²) >= 11 is 0. The molecule has 19 nitrogen and oxygen atoms in total. The summed E-state index contributed by atoms with van der Waals surface area (Å²) in [4.78, 5) is 117. The van der Waals surface area contributed by atoms with Gasteiger partial charge >= 0.3 is 12.0 Å². The molecule has 0 aliphatic carbocycles. The molecule has 2 aromatic carbocycles. The van der Waals surface area contributed by atoms with Crippen LogP contribution >= 0.6 is 0 Å². The molecule has 7 rings (SSSR count). The number of aryl methyl sites for hydroxylation is 1. The molecular weight excluding hydrogens is 861 g/mol. The lowest BCUT2D eigenvalue weighted by atomic mass is 10.00. The summed E-state index contributed by atoms with van der Waals surface area (Å²) in [7, 11) is 0. The Morgan fingerprint density at radius 3 is 2.28 bits per heavy atom. The summed E-state index contributed by atoms with van der Waals surface area (Å²) in [6.45, 7) is 6.45. The molecule has 1 fully saturated rings. The standard InChI is InChI=1S/C48H52N10O9/c1-29(2)44(54-40(59)12-7-13-43(62)67-58-41(60)18-19-42(58)61)46(64)52-30(3)45(63)51-21-4-5-24-57-47(65)37(35-9-6-11-38-36(35)10-8-22-50-38)25-39(55-57)31-14-16-34(17-15-31)53-48(66)56-27-32-20-23-49-26-33(32)28-56/h6,8-11,14-17,20,22-23,25-26,29-30,44H,4-5,7,12-13,18-19,21,24,27-28H2,1-3H3,(H,51,63)(H,52,64)(H,53,66)(H,54,59). The maximum Gasteiger partial charge on any atom is 0.333 e. The molecule has 0 spiro atoms. The third kappa shape index (κ3) is 11.7. The highest BCUT2D eigenvalue weighted by Gasteiger charge is 2.33. The minimum atomic E-state index is -0.970. The van der Waals surface area contributed by atoms with Crippen molar-refractivity contribution in [2.45, 2.75) is 97.4 Å². The van der Waals surface area contributed by atoms with Gasteiger partial charge in [0.1, 0.15) is 12.1 Å². The second-order valence-electron chi connectivity index (χ2n) is 16.8. The molecule has 5 heterocycles. The highest BCUT2D eigenvalue weighted by atomic mass is 16.7. The molecule has 3 aromatic heterocycles. The Hall–Kier alpha value is -7.83. The molecule has 348 valence electrons. The van der Waals surface area contributed by atoms with Crippen LogP contribution in [-0.2, 0) is 53.2 Å². The third-order valence-corrected chi connectivity index (χ3v) is 11.5. The molecule has 0 radical (unpaired) electrons. The summed E-state index contributed by atoms with van der Waals surface area (Å²) in [5.41, 5.74) is 5.53. The van der Waals surface area contributed by atoms with Gasteiger partial charge in [0.05, 0.1) is 16.8 Å². The first kappa shape index (κ1) is 47.1. The molecule has 2 unspecified atom stereocenters. The van der Waals surface area contributed by atoms with Crippen LogP contribution in [0.25, 0.3) is 33.3 Å². The number of nitrogens with zero attached hydrogens (tertiary/aromatic N) is 6. The predicted octanol–water partition coefficient (Wildman–Crippen LogP) is 4.39. The van der Waals surface area contributed by atoms with Gasteiger partial charge in [0.2, 0.25) is 17.7 Å². The van der Waals surface area contributed by atoms with E-state index < -0.39 is 47.6 Å². The first-order chi connectivity index (χ1) is 32.2. The van der Waals surface area contributed by atoms with Crippen LogP contribution in [0.5, 0.6) is 0 Å². The van der Waals surface area contributed by atoms with E-state index >= 15 is 0 Å². The molecule has 7 amide bonds. The van der Waals surface area contributed by atoms with Crippen molar-refractivity contribution in [3.05, 3.63) is 107 Å². The third-order valence-electron chi connectivity index (χ3n) is 11.5. The van der Waals surface area contributed by atoms with Gasteiger partial charge in [0, 0.05) is 87.1 Å². The minimum Gasteiger partial charge on any atom is -0.354 e. The summed E-state index contributed by atoms with van der Waals surface area (Å²) in [5, 5.41) is 17.1. The Kier molecular flexibility index (Phi) is 15.1. The minimum absolute atomic E-state index is 0.0309. The summed E-state index contributed by atoms with van der Waals surface area (Å²) in [5.74, 6) is -3.88. The van der Waals surface area contributed by atoms with Crippen LogP contribution in [0, 0.1) is 5.92 Å². The molecule has 2 aliphatic rings. The Morgan fingerprint density at radius 1 is 0.776 bits per heavy atom. The first-order valence-electron chi connectivity index (χ1n) is 22.2.